The Bertz CT molecular complexity index is 534. The van der Waals surface area contributed by atoms with Crippen molar-refractivity contribution in [2.75, 3.05) is 20.2 Å². The number of rotatable bonds is 4. The number of carbonyl (C=O) groups excluding carboxylic acids is 2. The van der Waals surface area contributed by atoms with Crippen molar-refractivity contribution in [2.24, 2.45) is 5.92 Å². The summed E-state index contributed by atoms with van der Waals surface area (Å²) in [6, 6.07) is 7.43. The Morgan fingerprint density at radius 3 is 2.45 bits per heavy atom. The van der Waals surface area contributed by atoms with Gasteiger partial charge in [0.25, 0.3) is 5.91 Å². The third-order valence-corrected chi connectivity index (χ3v) is 3.99. The van der Waals surface area contributed by atoms with Crippen molar-refractivity contribution in [3.63, 3.8) is 0 Å². The van der Waals surface area contributed by atoms with E-state index in [1.54, 1.807) is 19.2 Å². The van der Waals surface area contributed by atoms with Crippen molar-refractivity contribution < 1.29 is 14.3 Å². The predicted octanol–water partition coefficient (Wildman–Crippen LogP) is 2.07. The molecule has 0 aliphatic carbocycles. The molecule has 1 fully saturated rings. The zero-order valence-electron chi connectivity index (χ0n) is 13.5. The van der Waals surface area contributed by atoms with Gasteiger partial charge < -0.3 is 15.0 Å². The minimum Gasteiger partial charge on any atom is -0.496 e. The highest BCUT2D eigenvalue weighted by Gasteiger charge is 2.26. The average Bonchev–Trinajstić information content (AvgIpc) is 2.54. The Morgan fingerprint density at radius 1 is 1.23 bits per heavy atom. The number of hydrogen-bond donors (Lipinski definition) is 1. The third kappa shape index (κ3) is 3.78. The van der Waals surface area contributed by atoms with Crippen LogP contribution in [0, 0.1) is 5.92 Å². The number of piperidine rings is 1. The van der Waals surface area contributed by atoms with Crippen LogP contribution >= 0.6 is 0 Å². The summed E-state index contributed by atoms with van der Waals surface area (Å²) in [5, 5.41) is 3.04. The van der Waals surface area contributed by atoms with Gasteiger partial charge in [-0.05, 0) is 25.0 Å². The second-order valence-electron chi connectivity index (χ2n) is 5.93. The molecule has 120 valence electrons. The molecule has 0 radical (unpaired) electrons. The number of methoxy groups -OCH3 is 1. The van der Waals surface area contributed by atoms with Gasteiger partial charge in [-0.15, -0.1) is 0 Å². The van der Waals surface area contributed by atoms with Gasteiger partial charge in [-0.3, -0.25) is 9.59 Å². The first-order valence-electron chi connectivity index (χ1n) is 7.75. The zero-order chi connectivity index (χ0) is 16.1. The molecule has 1 heterocycles. The van der Waals surface area contributed by atoms with E-state index in [0.717, 1.165) is 12.8 Å². The number of carbonyl (C=O) groups is 2. The molecule has 5 nitrogen and oxygen atoms in total. The smallest absolute Gasteiger partial charge is 0.257 e. The first kappa shape index (κ1) is 16.3. The zero-order valence-corrected chi connectivity index (χ0v) is 13.5. The Morgan fingerprint density at radius 2 is 1.86 bits per heavy atom. The summed E-state index contributed by atoms with van der Waals surface area (Å²) in [6.07, 6.45) is 1.58. The molecular weight excluding hydrogens is 280 g/mol. The molecule has 5 heteroatoms. The highest BCUT2D eigenvalue weighted by atomic mass is 16.5. The van der Waals surface area contributed by atoms with Crippen molar-refractivity contribution in [2.45, 2.75) is 32.7 Å². The Kier molecular flexibility index (Phi) is 5.41. The minimum atomic E-state index is -0.00825. The van der Waals surface area contributed by atoms with Crippen molar-refractivity contribution in [3.05, 3.63) is 29.8 Å². The fourth-order valence-corrected chi connectivity index (χ4v) is 2.59. The SMILES string of the molecule is COc1ccccc1C(=O)N1CCC(NC(=O)C(C)C)CC1. The summed E-state index contributed by atoms with van der Waals surface area (Å²) < 4.78 is 5.25. The van der Waals surface area contributed by atoms with Crippen LogP contribution < -0.4 is 10.1 Å². The lowest BCUT2D eigenvalue weighted by molar-refractivity contribution is -0.124. The van der Waals surface area contributed by atoms with Gasteiger partial charge in [0.2, 0.25) is 5.91 Å². The molecule has 0 atom stereocenters. The molecule has 1 aromatic carbocycles. The second-order valence-corrected chi connectivity index (χ2v) is 5.93. The van der Waals surface area contributed by atoms with Gasteiger partial charge in [0.15, 0.2) is 0 Å². The lowest BCUT2D eigenvalue weighted by Gasteiger charge is -2.33. The van der Waals surface area contributed by atoms with Crippen LogP contribution in [0.2, 0.25) is 0 Å². The van der Waals surface area contributed by atoms with Crippen molar-refractivity contribution in [1.82, 2.24) is 10.2 Å². The third-order valence-electron chi connectivity index (χ3n) is 3.99. The number of hydrogen-bond acceptors (Lipinski definition) is 3. The largest absolute Gasteiger partial charge is 0.496 e. The quantitative estimate of drug-likeness (QED) is 0.926. The average molecular weight is 304 g/mol. The Labute approximate surface area is 131 Å². The van der Waals surface area contributed by atoms with E-state index in [2.05, 4.69) is 5.32 Å². The first-order chi connectivity index (χ1) is 10.5. The maximum Gasteiger partial charge on any atom is 0.257 e. The maximum atomic E-state index is 12.6. The van der Waals surface area contributed by atoms with Gasteiger partial charge in [-0.2, -0.15) is 0 Å². The van der Waals surface area contributed by atoms with E-state index in [4.69, 9.17) is 4.74 Å². The molecule has 1 N–H and O–H groups in total. The monoisotopic (exact) mass is 304 g/mol. The van der Waals surface area contributed by atoms with Gasteiger partial charge in [0.05, 0.1) is 12.7 Å². The number of nitrogens with one attached hydrogen (secondary N) is 1. The number of ether oxygens (including phenoxy) is 1. The summed E-state index contributed by atoms with van der Waals surface area (Å²) in [6.45, 7) is 5.07. The highest BCUT2D eigenvalue weighted by molar-refractivity contribution is 5.97. The number of para-hydroxylation sites is 1. The summed E-state index contributed by atoms with van der Waals surface area (Å²) in [5.41, 5.74) is 0.592. The maximum absolute atomic E-state index is 12.6. The van der Waals surface area contributed by atoms with Crippen LogP contribution in [0.15, 0.2) is 24.3 Å². The predicted molar refractivity (Wildman–Crippen MR) is 84.9 cm³/mol. The second kappa shape index (κ2) is 7.29. The molecule has 2 amide bonds. The van der Waals surface area contributed by atoms with Crippen LogP contribution in [0.4, 0.5) is 0 Å². The highest BCUT2D eigenvalue weighted by Crippen LogP contribution is 2.21. The van der Waals surface area contributed by atoms with Crippen LogP contribution in [-0.2, 0) is 4.79 Å². The van der Waals surface area contributed by atoms with Gasteiger partial charge in [0.1, 0.15) is 5.75 Å². The van der Waals surface area contributed by atoms with Crippen LogP contribution in [0.1, 0.15) is 37.0 Å². The molecule has 22 heavy (non-hydrogen) atoms. The lowest BCUT2D eigenvalue weighted by Crippen LogP contribution is -2.47. The van der Waals surface area contributed by atoms with Gasteiger partial charge >= 0.3 is 0 Å². The van der Waals surface area contributed by atoms with Crippen LogP contribution in [-0.4, -0.2) is 43.0 Å². The van der Waals surface area contributed by atoms with Crippen LogP contribution in [0.3, 0.4) is 0 Å². The van der Waals surface area contributed by atoms with E-state index in [1.807, 2.05) is 30.9 Å². The van der Waals surface area contributed by atoms with E-state index >= 15 is 0 Å². The van der Waals surface area contributed by atoms with Gasteiger partial charge in [-0.25, -0.2) is 0 Å². The standard InChI is InChI=1S/C17H24N2O3/c1-12(2)16(20)18-13-8-10-19(11-9-13)17(21)14-6-4-5-7-15(14)22-3/h4-7,12-13H,8-11H2,1-3H3,(H,18,20). The van der Waals surface area contributed by atoms with E-state index in [-0.39, 0.29) is 23.8 Å². The van der Waals surface area contributed by atoms with E-state index in [0.29, 0.717) is 24.4 Å². The normalized spacial score (nSPS) is 15.7. The minimum absolute atomic E-state index is 0.00626. The van der Waals surface area contributed by atoms with Gasteiger partial charge in [-0.1, -0.05) is 26.0 Å². The molecule has 0 saturated carbocycles. The van der Waals surface area contributed by atoms with E-state index in [9.17, 15) is 9.59 Å². The fourth-order valence-electron chi connectivity index (χ4n) is 2.59. The number of amides is 2. The number of benzene rings is 1. The first-order valence-corrected chi connectivity index (χ1v) is 7.75. The van der Waals surface area contributed by atoms with Gasteiger partial charge in [0, 0.05) is 25.0 Å². The van der Waals surface area contributed by atoms with Crippen molar-refractivity contribution in [3.8, 4) is 5.75 Å². The molecule has 0 aromatic heterocycles. The Hall–Kier alpha value is -2.04. The van der Waals surface area contributed by atoms with Crippen LogP contribution in [0.25, 0.3) is 0 Å². The molecule has 1 saturated heterocycles. The molecular formula is C17H24N2O3. The molecule has 0 spiro atoms. The topological polar surface area (TPSA) is 58.6 Å². The molecule has 2 rings (SSSR count). The summed E-state index contributed by atoms with van der Waals surface area (Å²) >= 11 is 0. The Balaban J connectivity index is 1.94. The number of nitrogens with zero attached hydrogens (tertiary/aromatic N) is 1. The molecule has 0 unspecified atom stereocenters. The molecule has 1 aliphatic heterocycles. The molecule has 0 bridgehead atoms. The number of likely N-dealkylation sites (tertiary alicyclic amines) is 1. The molecule has 1 aromatic rings. The molecule has 1 aliphatic rings. The van der Waals surface area contributed by atoms with Crippen LogP contribution in [0.5, 0.6) is 5.75 Å². The van der Waals surface area contributed by atoms with E-state index in [1.165, 1.54) is 0 Å². The summed E-state index contributed by atoms with van der Waals surface area (Å²) in [7, 11) is 1.57. The van der Waals surface area contributed by atoms with E-state index < -0.39 is 0 Å². The lowest BCUT2D eigenvalue weighted by atomic mass is 10.0. The fraction of sp³-hybridized carbons (Fsp3) is 0.529. The summed E-state index contributed by atoms with van der Waals surface area (Å²) in [4.78, 5) is 26.1. The van der Waals surface area contributed by atoms with Crippen molar-refractivity contribution >= 4 is 11.8 Å². The summed E-state index contributed by atoms with van der Waals surface area (Å²) in [5.74, 6) is 0.663. The van der Waals surface area contributed by atoms with Crippen molar-refractivity contribution in [1.29, 1.82) is 0 Å².